The predicted molar refractivity (Wildman–Crippen MR) is 125 cm³/mol. The van der Waals surface area contributed by atoms with E-state index in [0.29, 0.717) is 11.5 Å². The third-order valence-electron chi connectivity index (χ3n) is 7.02. The molecule has 2 aliphatic rings. The van der Waals surface area contributed by atoms with Crippen LogP contribution in [0.1, 0.15) is 62.8 Å². The fourth-order valence-electron chi connectivity index (χ4n) is 5.87. The molecule has 8 heteroatoms. The van der Waals surface area contributed by atoms with Crippen LogP contribution >= 0.6 is 0 Å². The number of nitrogens with two attached hydrogens (primary N) is 2. The maximum absolute atomic E-state index is 11.6. The van der Waals surface area contributed by atoms with Crippen LogP contribution in [0.2, 0.25) is 0 Å². The fourth-order valence-corrected chi connectivity index (χ4v) is 5.87. The number of hydrogen-bond donors (Lipinski definition) is 4. The van der Waals surface area contributed by atoms with Crippen molar-refractivity contribution in [1.82, 2.24) is 10.9 Å². The largest absolute Gasteiger partial charge is 0.484 e. The molecule has 2 amide bonds. The van der Waals surface area contributed by atoms with Gasteiger partial charge in [0.15, 0.2) is 13.2 Å². The number of nitrogens with one attached hydrogen (secondary N) is 2. The lowest BCUT2D eigenvalue weighted by molar-refractivity contribution is -0.123. The summed E-state index contributed by atoms with van der Waals surface area (Å²) in [4.78, 5) is 23.2. The van der Waals surface area contributed by atoms with Crippen molar-refractivity contribution < 1.29 is 19.1 Å². The Hall–Kier alpha value is -3.10. The molecular weight excluding hydrogens is 420 g/mol. The fraction of sp³-hybridized carbons (Fsp3) is 0.440. The van der Waals surface area contributed by atoms with Crippen molar-refractivity contribution in [2.24, 2.45) is 11.7 Å². The van der Waals surface area contributed by atoms with Gasteiger partial charge in [-0.15, -0.1) is 0 Å². The molecule has 33 heavy (non-hydrogen) atoms. The quantitative estimate of drug-likeness (QED) is 0.302. The summed E-state index contributed by atoms with van der Waals surface area (Å²) in [5.74, 6) is 10.9. The molecule has 0 atom stereocenters. The van der Waals surface area contributed by atoms with Crippen LogP contribution in [-0.4, -0.2) is 25.0 Å². The van der Waals surface area contributed by atoms with Crippen molar-refractivity contribution in [3.05, 3.63) is 58.7 Å². The number of hydrogen-bond acceptors (Lipinski definition) is 6. The summed E-state index contributed by atoms with van der Waals surface area (Å²) in [5.41, 5.74) is 8.82. The van der Waals surface area contributed by atoms with E-state index < -0.39 is 0 Å². The first-order valence-corrected chi connectivity index (χ1v) is 11.1. The number of benzene rings is 2. The monoisotopic (exact) mass is 452 g/mol. The van der Waals surface area contributed by atoms with Crippen LogP contribution in [-0.2, 0) is 25.8 Å². The highest BCUT2D eigenvalue weighted by atomic mass is 16.5. The Morgan fingerprint density at radius 2 is 1.15 bits per heavy atom. The molecule has 0 heterocycles. The molecule has 6 N–H and O–H groups in total. The first kappa shape index (κ1) is 23.1. The standard InChI is InChI=1S/C25H32N4O4/c1-23(2)13-25(19-9-15(5-7-17(19)23)32-11-21(30)28-26)14-24(3,4)18-8-6-16(10-20(18)25)33-12-22(31)29-27/h5-10H,11-14,26-27H2,1-4H3,(H,28,30)(H,29,31). The SMILES string of the molecule is CC1(C)CC2(CC(C)(C)c3ccc(OCC(=O)NN)cc32)c2cc(OCC(=O)NN)ccc21. The Kier molecular flexibility index (Phi) is 5.62. The third-order valence-corrected chi connectivity index (χ3v) is 7.02. The second-order valence-electron chi connectivity index (χ2n) is 10.3. The molecule has 176 valence electrons. The van der Waals surface area contributed by atoms with E-state index >= 15 is 0 Å². The molecule has 2 aromatic rings. The van der Waals surface area contributed by atoms with Crippen molar-refractivity contribution >= 4 is 11.8 Å². The Balaban J connectivity index is 1.79. The summed E-state index contributed by atoms with van der Waals surface area (Å²) in [6.07, 6.45) is 1.87. The van der Waals surface area contributed by atoms with Crippen molar-refractivity contribution in [2.75, 3.05) is 13.2 Å². The molecule has 1 spiro atoms. The molecule has 0 aromatic heterocycles. The Morgan fingerprint density at radius 1 is 0.758 bits per heavy atom. The second-order valence-corrected chi connectivity index (χ2v) is 10.3. The van der Waals surface area contributed by atoms with E-state index in [1.165, 1.54) is 22.3 Å². The van der Waals surface area contributed by atoms with E-state index in [0.717, 1.165) is 12.8 Å². The highest BCUT2D eigenvalue weighted by molar-refractivity contribution is 5.77. The van der Waals surface area contributed by atoms with Gasteiger partial charge in [0.05, 0.1) is 0 Å². The van der Waals surface area contributed by atoms with Gasteiger partial charge in [0.25, 0.3) is 11.8 Å². The van der Waals surface area contributed by atoms with Crippen LogP contribution in [0.4, 0.5) is 0 Å². The number of carbonyl (C=O) groups is 2. The number of fused-ring (bicyclic) bond motifs is 4. The van der Waals surface area contributed by atoms with Gasteiger partial charge in [0, 0.05) is 5.41 Å². The minimum absolute atomic E-state index is 0.0452. The third kappa shape index (κ3) is 3.94. The average molecular weight is 453 g/mol. The van der Waals surface area contributed by atoms with Crippen LogP contribution in [0.5, 0.6) is 11.5 Å². The Labute approximate surface area is 193 Å². The Bertz CT molecular complexity index is 1020. The van der Waals surface area contributed by atoms with Gasteiger partial charge in [-0.05, 0) is 70.2 Å². The summed E-state index contributed by atoms with van der Waals surface area (Å²) in [6, 6.07) is 12.2. The minimum atomic E-state index is -0.388. The average Bonchev–Trinajstić information content (AvgIpc) is 3.15. The maximum Gasteiger partial charge on any atom is 0.271 e. The molecule has 0 bridgehead atoms. The van der Waals surface area contributed by atoms with Crippen LogP contribution in [0.15, 0.2) is 36.4 Å². The van der Waals surface area contributed by atoms with Gasteiger partial charge in [-0.25, -0.2) is 11.7 Å². The lowest BCUT2D eigenvalue weighted by atomic mass is 9.72. The van der Waals surface area contributed by atoms with Gasteiger partial charge >= 0.3 is 0 Å². The molecule has 0 aliphatic heterocycles. The zero-order chi connectivity index (χ0) is 24.0. The van der Waals surface area contributed by atoms with E-state index in [4.69, 9.17) is 21.2 Å². The molecule has 2 aliphatic carbocycles. The van der Waals surface area contributed by atoms with E-state index in [1.807, 2.05) is 12.1 Å². The number of carbonyl (C=O) groups excluding carboxylic acids is 2. The molecule has 0 saturated carbocycles. The minimum Gasteiger partial charge on any atom is -0.484 e. The van der Waals surface area contributed by atoms with Gasteiger partial charge in [-0.3, -0.25) is 20.4 Å². The summed E-state index contributed by atoms with van der Waals surface area (Å²) >= 11 is 0. The highest BCUT2D eigenvalue weighted by Crippen LogP contribution is 2.63. The van der Waals surface area contributed by atoms with Gasteiger partial charge in [0.1, 0.15) is 11.5 Å². The summed E-state index contributed by atoms with van der Waals surface area (Å²) in [5, 5.41) is 0. The van der Waals surface area contributed by atoms with E-state index in [-0.39, 0.29) is 41.3 Å². The van der Waals surface area contributed by atoms with Crippen molar-refractivity contribution in [2.45, 2.75) is 56.8 Å². The number of ether oxygens (including phenoxy) is 2. The van der Waals surface area contributed by atoms with Crippen LogP contribution < -0.4 is 32.0 Å². The molecule has 2 aromatic carbocycles. The van der Waals surface area contributed by atoms with Crippen molar-refractivity contribution in [3.63, 3.8) is 0 Å². The first-order valence-electron chi connectivity index (χ1n) is 11.1. The lowest BCUT2D eigenvalue weighted by Crippen LogP contribution is -2.34. The second kappa shape index (κ2) is 8.04. The van der Waals surface area contributed by atoms with Gasteiger partial charge in [0.2, 0.25) is 0 Å². The van der Waals surface area contributed by atoms with E-state index in [1.54, 1.807) is 0 Å². The maximum atomic E-state index is 11.6. The van der Waals surface area contributed by atoms with Crippen molar-refractivity contribution in [1.29, 1.82) is 0 Å². The number of rotatable bonds is 6. The molecule has 0 unspecified atom stereocenters. The zero-order valence-corrected chi connectivity index (χ0v) is 19.6. The van der Waals surface area contributed by atoms with Crippen LogP contribution in [0, 0.1) is 0 Å². The smallest absolute Gasteiger partial charge is 0.271 e. The lowest BCUT2D eigenvalue weighted by Gasteiger charge is -2.30. The predicted octanol–water partition coefficient (Wildman–Crippen LogP) is 2.07. The highest BCUT2D eigenvalue weighted by Gasteiger charge is 2.56. The van der Waals surface area contributed by atoms with Crippen LogP contribution in [0.25, 0.3) is 0 Å². The topological polar surface area (TPSA) is 129 Å². The number of hydrazine groups is 2. The van der Waals surface area contributed by atoms with Crippen LogP contribution in [0.3, 0.4) is 0 Å². The summed E-state index contributed by atoms with van der Waals surface area (Å²) in [7, 11) is 0. The molecule has 8 nitrogen and oxygen atoms in total. The molecule has 0 radical (unpaired) electrons. The first-order chi connectivity index (χ1) is 15.5. The molecule has 0 saturated heterocycles. The van der Waals surface area contributed by atoms with Gasteiger partial charge < -0.3 is 9.47 Å². The van der Waals surface area contributed by atoms with Crippen molar-refractivity contribution in [3.8, 4) is 11.5 Å². The van der Waals surface area contributed by atoms with E-state index in [9.17, 15) is 9.59 Å². The molecule has 0 fully saturated rings. The molecular formula is C25H32N4O4. The van der Waals surface area contributed by atoms with Gasteiger partial charge in [-0.1, -0.05) is 39.8 Å². The van der Waals surface area contributed by atoms with E-state index in [2.05, 4.69) is 62.8 Å². The normalized spacial score (nSPS) is 18.4. The summed E-state index contributed by atoms with van der Waals surface area (Å²) < 4.78 is 11.4. The number of amides is 2. The Morgan fingerprint density at radius 3 is 1.52 bits per heavy atom. The molecule has 4 rings (SSSR count). The summed E-state index contributed by atoms with van der Waals surface area (Å²) in [6.45, 7) is 8.77. The zero-order valence-electron chi connectivity index (χ0n) is 19.6. The van der Waals surface area contributed by atoms with Gasteiger partial charge in [-0.2, -0.15) is 0 Å².